The van der Waals surface area contributed by atoms with Gasteiger partial charge in [0.05, 0.1) is 28.8 Å². The predicted molar refractivity (Wildman–Crippen MR) is 138 cm³/mol. The van der Waals surface area contributed by atoms with Crippen LogP contribution in [0.3, 0.4) is 0 Å². The topological polar surface area (TPSA) is 107 Å². The number of benzene rings is 2. The van der Waals surface area contributed by atoms with Crippen molar-refractivity contribution < 1.29 is 27.5 Å². The molecular weight excluding hydrogens is 502 g/mol. The summed E-state index contributed by atoms with van der Waals surface area (Å²) in [6, 6.07) is 10.9. The molecule has 2 aromatic carbocycles. The van der Waals surface area contributed by atoms with Crippen LogP contribution in [0.15, 0.2) is 77.7 Å². The molecule has 0 saturated heterocycles. The highest BCUT2D eigenvalue weighted by molar-refractivity contribution is 7.89. The summed E-state index contributed by atoms with van der Waals surface area (Å²) in [5.41, 5.74) is 0.899. The fourth-order valence-electron chi connectivity index (χ4n) is 3.37. The number of carbonyl (C=O) groups is 2. The van der Waals surface area contributed by atoms with Crippen molar-refractivity contribution in [3.63, 3.8) is 0 Å². The molecule has 0 bridgehead atoms. The number of carbonyl (C=O) groups excluding carboxylic acids is 2. The first-order valence-electron chi connectivity index (χ1n) is 11.0. The van der Waals surface area contributed by atoms with Crippen LogP contribution in [0.25, 0.3) is 10.2 Å². The van der Waals surface area contributed by atoms with Gasteiger partial charge in [-0.1, -0.05) is 23.5 Å². The standard InChI is InChI=1S/C25H27N3O6S2/c1-5-14-27(15-6-2)36(31,32)20-11-8-18(9-12-20)24(30)26-25-28(17-23(29)33-4)21-13-10-19(34-7-3)16-22(21)35-25/h5-6,8-13,16H,1-2,7,14-15,17H2,3-4H3. The van der Waals surface area contributed by atoms with Gasteiger partial charge in [-0.15, -0.1) is 13.2 Å². The molecule has 0 aliphatic heterocycles. The second-order valence-corrected chi connectivity index (χ2v) is 10.4. The van der Waals surface area contributed by atoms with Gasteiger partial charge in [-0.05, 0) is 49.4 Å². The van der Waals surface area contributed by atoms with E-state index in [2.05, 4.69) is 18.2 Å². The van der Waals surface area contributed by atoms with Crippen molar-refractivity contribution in [2.24, 2.45) is 4.99 Å². The van der Waals surface area contributed by atoms with Crippen molar-refractivity contribution in [2.75, 3.05) is 26.8 Å². The Labute approximate surface area is 213 Å². The van der Waals surface area contributed by atoms with Crippen LogP contribution in [-0.4, -0.2) is 56.0 Å². The summed E-state index contributed by atoms with van der Waals surface area (Å²) in [4.78, 5) is 29.5. The molecule has 0 radical (unpaired) electrons. The fourth-order valence-corrected chi connectivity index (χ4v) is 5.81. The summed E-state index contributed by atoms with van der Waals surface area (Å²) in [6.07, 6.45) is 2.98. The van der Waals surface area contributed by atoms with Crippen LogP contribution in [0.2, 0.25) is 0 Å². The zero-order chi connectivity index (χ0) is 26.3. The van der Waals surface area contributed by atoms with Gasteiger partial charge >= 0.3 is 5.97 Å². The monoisotopic (exact) mass is 529 g/mol. The first-order chi connectivity index (χ1) is 17.2. The van der Waals surface area contributed by atoms with Crippen LogP contribution in [0, 0.1) is 0 Å². The van der Waals surface area contributed by atoms with E-state index in [4.69, 9.17) is 9.47 Å². The van der Waals surface area contributed by atoms with E-state index in [0.29, 0.717) is 22.7 Å². The molecule has 0 aliphatic rings. The number of hydrogen-bond donors (Lipinski definition) is 0. The Morgan fingerprint density at radius 1 is 1.11 bits per heavy atom. The molecule has 36 heavy (non-hydrogen) atoms. The first-order valence-corrected chi connectivity index (χ1v) is 13.2. The lowest BCUT2D eigenvalue weighted by molar-refractivity contribution is -0.141. The van der Waals surface area contributed by atoms with Crippen LogP contribution in [0.5, 0.6) is 5.75 Å². The minimum atomic E-state index is -3.79. The summed E-state index contributed by atoms with van der Waals surface area (Å²) >= 11 is 1.23. The summed E-state index contributed by atoms with van der Waals surface area (Å²) in [5, 5.41) is 0. The van der Waals surface area contributed by atoms with Gasteiger partial charge in [0.1, 0.15) is 12.3 Å². The smallest absolute Gasteiger partial charge is 0.325 e. The molecule has 0 spiro atoms. The number of hydrogen-bond acceptors (Lipinski definition) is 7. The quantitative estimate of drug-likeness (QED) is 0.278. The third kappa shape index (κ3) is 5.99. The molecule has 3 aromatic rings. The molecular formula is C25H27N3O6S2. The van der Waals surface area contributed by atoms with Gasteiger partial charge in [-0.2, -0.15) is 9.30 Å². The Balaban J connectivity index is 2.00. The zero-order valence-electron chi connectivity index (χ0n) is 20.0. The number of nitrogens with zero attached hydrogens (tertiary/aromatic N) is 3. The number of amides is 1. The first kappa shape index (κ1) is 27.1. The van der Waals surface area contributed by atoms with E-state index in [1.165, 1.54) is 59.2 Å². The molecule has 0 aliphatic carbocycles. The lowest BCUT2D eigenvalue weighted by atomic mass is 10.2. The Kier molecular flexibility index (Phi) is 8.97. The molecule has 0 N–H and O–H groups in total. The van der Waals surface area contributed by atoms with Crippen LogP contribution >= 0.6 is 11.3 Å². The molecule has 0 unspecified atom stereocenters. The molecule has 190 valence electrons. The van der Waals surface area contributed by atoms with E-state index in [0.717, 1.165) is 4.70 Å². The van der Waals surface area contributed by atoms with Crippen LogP contribution in [0.4, 0.5) is 0 Å². The Bertz CT molecular complexity index is 1440. The third-order valence-electron chi connectivity index (χ3n) is 5.08. The molecule has 1 aromatic heterocycles. The number of rotatable bonds is 11. The number of fused-ring (bicyclic) bond motifs is 1. The van der Waals surface area contributed by atoms with E-state index < -0.39 is 21.9 Å². The Hall–Kier alpha value is -3.54. The van der Waals surface area contributed by atoms with Gasteiger partial charge in [0.2, 0.25) is 10.0 Å². The van der Waals surface area contributed by atoms with Crippen molar-refractivity contribution in [3.8, 4) is 5.75 Å². The fraction of sp³-hybridized carbons (Fsp3) is 0.240. The molecule has 0 fully saturated rings. The van der Waals surface area contributed by atoms with Gasteiger partial charge in [0, 0.05) is 18.7 Å². The molecule has 11 heteroatoms. The van der Waals surface area contributed by atoms with Crippen molar-refractivity contribution in [1.82, 2.24) is 8.87 Å². The van der Waals surface area contributed by atoms with Gasteiger partial charge in [0.15, 0.2) is 4.80 Å². The average molecular weight is 530 g/mol. The number of methoxy groups -OCH3 is 1. The lowest BCUT2D eigenvalue weighted by Crippen LogP contribution is -2.31. The maximum absolute atomic E-state index is 13.0. The second-order valence-electron chi connectivity index (χ2n) is 7.45. The van der Waals surface area contributed by atoms with E-state index >= 15 is 0 Å². The SMILES string of the molecule is C=CCN(CC=C)S(=O)(=O)c1ccc(C(=O)N=c2sc3cc(OCC)ccc3n2CC(=O)OC)cc1. The van der Waals surface area contributed by atoms with E-state index in [9.17, 15) is 18.0 Å². The number of sulfonamides is 1. The van der Waals surface area contributed by atoms with Crippen molar-refractivity contribution in [3.05, 3.63) is 78.1 Å². The van der Waals surface area contributed by atoms with E-state index in [1.54, 1.807) is 16.7 Å². The van der Waals surface area contributed by atoms with Crippen LogP contribution in [-0.2, 0) is 26.1 Å². The average Bonchev–Trinajstić information content (AvgIpc) is 3.19. The second kappa shape index (κ2) is 11.9. The minimum Gasteiger partial charge on any atom is -0.494 e. The van der Waals surface area contributed by atoms with Gasteiger partial charge in [-0.25, -0.2) is 8.42 Å². The van der Waals surface area contributed by atoms with Gasteiger partial charge in [0.25, 0.3) is 5.91 Å². The number of esters is 1. The highest BCUT2D eigenvalue weighted by Gasteiger charge is 2.22. The highest BCUT2D eigenvalue weighted by Crippen LogP contribution is 2.24. The summed E-state index contributed by atoms with van der Waals surface area (Å²) in [7, 11) is -2.51. The Morgan fingerprint density at radius 3 is 2.36 bits per heavy atom. The molecule has 9 nitrogen and oxygen atoms in total. The van der Waals surface area contributed by atoms with Gasteiger partial charge in [-0.3, -0.25) is 9.59 Å². The van der Waals surface area contributed by atoms with Crippen molar-refractivity contribution >= 4 is 43.5 Å². The zero-order valence-corrected chi connectivity index (χ0v) is 21.7. The predicted octanol–water partition coefficient (Wildman–Crippen LogP) is 3.38. The van der Waals surface area contributed by atoms with Crippen LogP contribution < -0.4 is 9.54 Å². The maximum Gasteiger partial charge on any atom is 0.325 e. The normalized spacial score (nSPS) is 12.0. The molecule has 1 heterocycles. The minimum absolute atomic E-state index is 0.0359. The van der Waals surface area contributed by atoms with Crippen molar-refractivity contribution in [2.45, 2.75) is 18.4 Å². The number of aromatic nitrogens is 1. The maximum atomic E-state index is 13.0. The third-order valence-corrected chi connectivity index (χ3v) is 7.97. The van der Waals surface area contributed by atoms with Gasteiger partial charge < -0.3 is 14.0 Å². The highest BCUT2D eigenvalue weighted by atomic mass is 32.2. The summed E-state index contributed by atoms with van der Waals surface area (Å²) in [5.74, 6) is -0.410. The van der Waals surface area contributed by atoms with Crippen molar-refractivity contribution in [1.29, 1.82) is 0 Å². The summed E-state index contributed by atoms with van der Waals surface area (Å²) < 4.78 is 39.7. The number of thiazole rings is 1. The Morgan fingerprint density at radius 2 is 1.78 bits per heavy atom. The number of ether oxygens (including phenoxy) is 2. The molecule has 1 amide bonds. The molecule has 3 rings (SSSR count). The largest absolute Gasteiger partial charge is 0.494 e. The summed E-state index contributed by atoms with van der Waals surface area (Å²) in [6.45, 7) is 9.69. The molecule has 0 atom stereocenters. The van der Waals surface area contributed by atoms with E-state index in [-0.39, 0.29) is 30.1 Å². The molecule has 0 saturated carbocycles. The van der Waals surface area contributed by atoms with Crippen LogP contribution in [0.1, 0.15) is 17.3 Å². The lowest BCUT2D eigenvalue weighted by Gasteiger charge is -2.19. The van der Waals surface area contributed by atoms with E-state index in [1.807, 2.05) is 13.0 Å².